The van der Waals surface area contributed by atoms with Crippen molar-refractivity contribution in [3.8, 4) is 0 Å². The number of carbonyl (C=O) groups is 1. The van der Waals surface area contributed by atoms with Crippen LogP contribution in [0.5, 0.6) is 0 Å². The summed E-state index contributed by atoms with van der Waals surface area (Å²) in [4.78, 5) is 16.0. The summed E-state index contributed by atoms with van der Waals surface area (Å²) in [6.45, 7) is 0. The number of hydrogen-bond acceptors (Lipinski definition) is 4. The minimum atomic E-state index is -1.35. The molecule has 0 fully saturated rings. The van der Waals surface area contributed by atoms with E-state index in [0.717, 1.165) is 0 Å². The van der Waals surface area contributed by atoms with Gasteiger partial charge < -0.3 is 15.2 Å². The number of quaternary nitrogens is 1. The van der Waals surface area contributed by atoms with Crippen LogP contribution < -0.4 is 15.3 Å². The average molecular weight is 218 g/mol. The van der Waals surface area contributed by atoms with Crippen molar-refractivity contribution < 1.29 is 15.2 Å². The fraction of sp³-hybridized carbons (Fsp3) is 0.250. The van der Waals surface area contributed by atoms with Gasteiger partial charge in [0.15, 0.2) is 0 Å². The Bertz CT molecular complexity index is 294. The number of halogens is 1. The van der Waals surface area contributed by atoms with Gasteiger partial charge in [0.1, 0.15) is 5.69 Å². The Hall–Kier alpha value is -1.33. The maximum atomic E-state index is 10.3. The average Bonchev–Trinajstić information content (AvgIpc) is 2.19. The summed E-state index contributed by atoms with van der Waals surface area (Å²) in [5, 5.41) is 12.3. The van der Waals surface area contributed by atoms with Crippen LogP contribution in [0.1, 0.15) is 10.5 Å². The summed E-state index contributed by atoms with van der Waals surface area (Å²) in [5.41, 5.74) is 0.0386. The fourth-order valence-electron chi connectivity index (χ4n) is 0.644. The van der Waals surface area contributed by atoms with Crippen molar-refractivity contribution in [3.05, 3.63) is 24.0 Å². The zero-order chi connectivity index (χ0) is 11.0. The lowest BCUT2D eigenvalue weighted by Gasteiger charge is -2.05. The van der Waals surface area contributed by atoms with Gasteiger partial charge in [0.25, 0.3) is 0 Å². The number of aromatic nitrogens is 1. The van der Waals surface area contributed by atoms with Gasteiger partial charge in [-0.3, -0.25) is 9.82 Å². The smallest absolute Gasteiger partial charge is 0.110 e. The maximum Gasteiger partial charge on any atom is 0.110 e. The Kier molecular flexibility index (Phi) is 6.43. The van der Waals surface area contributed by atoms with E-state index in [-0.39, 0.29) is 11.4 Å². The molecular formula is C8H12ClN3O2. The topological polar surface area (TPSA) is 81.7 Å². The highest BCUT2D eigenvalue weighted by molar-refractivity contribution is 6.24. The van der Waals surface area contributed by atoms with Crippen LogP contribution in [-0.2, 0) is 0 Å². The minimum Gasteiger partial charge on any atom is -0.543 e. The Morgan fingerprint density at radius 1 is 1.64 bits per heavy atom. The van der Waals surface area contributed by atoms with Gasteiger partial charge in [-0.2, -0.15) is 0 Å². The van der Waals surface area contributed by atoms with Crippen LogP contribution in [-0.4, -0.2) is 25.0 Å². The molecule has 0 aliphatic heterocycles. The summed E-state index contributed by atoms with van der Waals surface area (Å²) in [6, 6.07) is 3.06. The van der Waals surface area contributed by atoms with E-state index in [2.05, 4.69) is 9.82 Å². The molecule has 3 N–H and O–H groups in total. The molecule has 6 heteroatoms. The second kappa shape index (κ2) is 7.11. The molecule has 0 amide bonds. The highest BCUT2D eigenvalue weighted by atomic mass is 35.5. The molecule has 0 radical (unpaired) electrons. The van der Waals surface area contributed by atoms with Gasteiger partial charge in [0.2, 0.25) is 0 Å². The van der Waals surface area contributed by atoms with Gasteiger partial charge in [-0.25, -0.2) is 0 Å². The van der Waals surface area contributed by atoms with E-state index in [0.29, 0.717) is 0 Å². The van der Waals surface area contributed by atoms with Crippen LogP contribution in [0, 0.1) is 0 Å². The first kappa shape index (κ1) is 12.7. The third-order valence-corrected chi connectivity index (χ3v) is 1.31. The lowest BCUT2D eigenvalue weighted by atomic mass is 10.3. The number of carboxylic acids is 1. The fourth-order valence-corrected chi connectivity index (χ4v) is 0.797. The normalized spacial score (nSPS) is 8.50. The van der Waals surface area contributed by atoms with Crippen molar-refractivity contribution in [1.29, 1.82) is 0 Å². The van der Waals surface area contributed by atoms with Gasteiger partial charge in [-0.15, -0.1) is 0 Å². The van der Waals surface area contributed by atoms with Crippen LogP contribution in [0.15, 0.2) is 18.3 Å². The second-order valence-electron chi connectivity index (χ2n) is 2.36. The SMILES string of the molecule is C[NH2+]C.O=C([O-])c1ncccc1NCl. The summed E-state index contributed by atoms with van der Waals surface area (Å²) < 4.78 is 0. The molecule has 0 aliphatic carbocycles. The highest BCUT2D eigenvalue weighted by Crippen LogP contribution is 2.11. The molecule has 0 aromatic carbocycles. The van der Waals surface area contributed by atoms with Crippen molar-refractivity contribution in [1.82, 2.24) is 4.98 Å². The number of nitrogens with two attached hydrogens (primary N) is 1. The summed E-state index contributed by atoms with van der Waals surface area (Å²) >= 11 is 5.20. The van der Waals surface area contributed by atoms with Crippen molar-refractivity contribution >= 4 is 23.4 Å². The third-order valence-electron chi connectivity index (χ3n) is 1.10. The van der Waals surface area contributed by atoms with Crippen molar-refractivity contribution in [2.45, 2.75) is 0 Å². The summed E-state index contributed by atoms with van der Waals surface area (Å²) in [7, 11) is 4.00. The highest BCUT2D eigenvalue weighted by Gasteiger charge is 2.00. The minimum absolute atomic E-state index is 0.192. The van der Waals surface area contributed by atoms with Gasteiger partial charge >= 0.3 is 0 Å². The third kappa shape index (κ3) is 4.06. The number of carboxylic acid groups (broad SMARTS) is 1. The second-order valence-corrected chi connectivity index (χ2v) is 2.55. The van der Waals surface area contributed by atoms with Gasteiger partial charge in [0.05, 0.1) is 25.8 Å². The maximum absolute atomic E-state index is 10.3. The summed E-state index contributed by atoms with van der Waals surface area (Å²) in [5.74, 6) is -1.35. The Morgan fingerprint density at radius 3 is 2.57 bits per heavy atom. The Labute approximate surface area is 87.2 Å². The number of pyridine rings is 1. The Morgan fingerprint density at radius 2 is 2.21 bits per heavy atom. The predicted molar refractivity (Wildman–Crippen MR) is 51.8 cm³/mol. The van der Waals surface area contributed by atoms with E-state index in [1.54, 1.807) is 6.07 Å². The van der Waals surface area contributed by atoms with E-state index >= 15 is 0 Å². The Balaban J connectivity index is 0.000000500. The molecule has 78 valence electrons. The molecule has 5 nitrogen and oxygen atoms in total. The standard InChI is InChI=1S/C6H5ClN2O2.C2H7N/c7-9-4-2-1-3-8-5(4)6(10)11;1-3-2/h1-3,9H,(H,10,11);3H,1-2H3. The lowest BCUT2D eigenvalue weighted by molar-refractivity contribution is -0.597. The zero-order valence-electron chi connectivity index (χ0n) is 7.95. The van der Waals surface area contributed by atoms with E-state index in [1.807, 2.05) is 19.4 Å². The quantitative estimate of drug-likeness (QED) is 0.611. The van der Waals surface area contributed by atoms with E-state index in [9.17, 15) is 9.90 Å². The van der Waals surface area contributed by atoms with Crippen LogP contribution in [0.4, 0.5) is 5.69 Å². The number of carbonyl (C=O) groups excluding carboxylic acids is 1. The number of aromatic carboxylic acids is 1. The molecule has 14 heavy (non-hydrogen) atoms. The van der Waals surface area contributed by atoms with Crippen molar-refractivity contribution in [2.24, 2.45) is 0 Å². The summed E-state index contributed by atoms with van der Waals surface area (Å²) in [6.07, 6.45) is 1.35. The molecule has 1 aromatic rings. The lowest BCUT2D eigenvalue weighted by Crippen LogP contribution is -2.74. The van der Waals surface area contributed by atoms with Gasteiger partial charge in [-0.1, -0.05) is 0 Å². The molecule has 1 heterocycles. The van der Waals surface area contributed by atoms with Crippen LogP contribution in [0.3, 0.4) is 0 Å². The van der Waals surface area contributed by atoms with E-state index in [1.165, 1.54) is 12.3 Å². The number of rotatable bonds is 2. The molecule has 0 bridgehead atoms. The van der Waals surface area contributed by atoms with Crippen molar-refractivity contribution in [2.75, 3.05) is 18.9 Å². The molecule has 0 saturated carbocycles. The molecule has 1 rings (SSSR count). The predicted octanol–water partition coefficient (Wildman–Crippen LogP) is -1.18. The monoisotopic (exact) mass is 217 g/mol. The molecule has 0 saturated heterocycles. The molecule has 0 atom stereocenters. The van der Waals surface area contributed by atoms with Crippen LogP contribution in [0.25, 0.3) is 0 Å². The largest absolute Gasteiger partial charge is 0.543 e. The number of hydrogen-bond donors (Lipinski definition) is 2. The number of nitrogens with one attached hydrogen (secondary N) is 1. The number of nitrogens with zero attached hydrogens (tertiary/aromatic N) is 1. The molecule has 0 aliphatic rings. The van der Waals surface area contributed by atoms with E-state index in [4.69, 9.17) is 11.8 Å². The van der Waals surface area contributed by atoms with Crippen molar-refractivity contribution in [3.63, 3.8) is 0 Å². The first-order chi connectivity index (χ1) is 6.67. The van der Waals surface area contributed by atoms with Gasteiger partial charge in [-0.05, 0) is 12.1 Å². The molecule has 1 aromatic heterocycles. The zero-order valence-corrected chi connectivity index (χ0v) is 8.71. The van der Waals surface area contributed by atoms with E-state index < -0.39 is 5.97 Å². The van der Waals surface area contributed by atoms with Crippen LogP contribution in [0.2, 0.25) is 0 Å². The van der Waals surface area contributed by atoms with Crippen LogP contribution >= 0.6 is 11.8 Å². The number of anilines is 1. The molecule has 0 unspecified atom stereocenters. The first-order valence-corrected chi connectivity index (χ1v) is 4.32. The van der Waals surface area contributed by atoms with Gasteiger partial charge in [0, 0.05) is 18.0 Å². The molecule has 0 spiro atoms. The molecular weight excluding hydrogens is 206 g/mol. The first-order valence-electron chi connectivity index (χ1n) is 3.94.